The smallest absolute Gasteiger partial charge is 0.193 e. The van der Waals surface area contributed by atoms with Crippen LogP contribution >= 0.6 is 0 Å². The van der Waals surface area contributed by atoms with Crippen LogP contribution in [-0.4, -0.2) is 27.3 Å². The summed E-state index contributed by atoms with van der Waals surface area (Å²) < 4.78 is 2.19. The number of anilines is 1. The Morgan fingerprint density at radius 1 is 1.38 bits per heavy atom. The Bertz CT molecular complexity index is 631. The van der Waals surface area contributed by atoms with E-state index in [9.17, 15) is 0 Å². The van der Waals surface area contributed by atoms with E-state index in [0.717, 1.165) is 43.3 Å². The van der Waals surface area contributed by atoms with Gasteiger partial charge in [0.2, 0.25) is 0 Å². The van der Waals surface area contributed by atoms with Gasteiger partial charge in [0, 0.05) is 25.2 Å². The number of guanidine groups is 1. The lowest BCUT2D eigenvalue weighted by atomic mass is 9.99. The lowest BCUT2D eigenvalue weighted by Gasteiger charge is -2.22. The molecule has 0 radical (unpaired) electrons. The van der Waals surface area contributed by atoms with Crippen LogP contribution in [0.2, 0.25) is 0 Å². The van der Waals surface area contributed by atoms with Gasteiger partial charge in [-0.15, -0.1) is 10.2 Å². The normalized spacial score (nSPS) is 18.3. The quantitative estimate of drug-likeness (QED) is 0.662. The predicted molar refractivity (Wildman–Crippen MR) is 83.1 cm³/mol. The molecule has 0 saturated heterocycles. The molecule has 1 aromatic carbocycles. The summed E-state index contributed by atoms with van der Waals surface area (Å²) in [5.41, 5.74) is 6.89. The number of aromatic nitrogens is 3. The molecule has 1 aromatic heterocycles. The van der Waals surface area contributed by atoms with Crippen LogP contribution in [0.1, 0.15) is 18.1 Å². The average Bonchev–Trinajstić information content (AvgIpc) is 2.87. The first-order valence-electron chi connectivity index (χ1n) is 7.23. The largest absolute Gasteiger partial charge is 0.370 e. The van der Waals surface area contributed by atoms with E-state index >= 15 is 0 Å². The molecule has 0 amide bonds. The van der Waals surface area contributed by atoms with Crippen molar-refractivity contribution in [1.29, 1.82) is 0 Å². The van der Waals surface area contributed by atoms with Gasteiger partial charge in [-0.3, -0.25) is 4.99 Å². The zero-order valence-corrected chi connectivity index (χ0v) is 12.2. The van der Waals surface area contributed by atoms with Crippen molar-refractivity contribution in [2.24, 2.45) is 16.6 Å². The number of nitrogens with zero attached hydrogens (tertiary/aromatic N) is 4. The molecule has 0 saturated carbocycles. The second kappa shape index (κ2) is 5.95. The van der Waals surface area contributed by atoms with Crippen molar-refractivity contribution < 1.29 is 0 Å². The summed E-state index contributed by atoms with van der Waals surface area (Å²) in [5.74, 6) is 3.02. The van der Waals surface area contributed by atoms with E-state index in [2.05, 4.69) is 25.1 Å². The van der Waals surface area contributed by atoms with Gasteiger partial charge in [-0.05, 0) is 31.4 Å². The summed E-state index contributed by atoms with van der Waals surface area (Å²) in [5, 5.41) is 11.4. The van der Waals surface area contributed by atoms with Gasteiger partial charge in [-0.2, -0.15) is 0 Å². The fourth-order valence-corrected chi connectivity index (χ4v) is 2.62. The summed E-state index contributed by atoms with van der Waals surface area (Å²) >= 11 is 0. The number of hydrogen-bond donors (Lipinski definition) is 2. The molecule has 1 atom stereocenters. The van der Waals surface area contributed by atoms with Crippen LogP contribution in [0.4, 0.5) is 5.69 Å². The zero-order chi connectivity index (χ0) is 14.7. The van der Waals surface area contributed by atoms with Crippen molar-refractivity contribution in [1.82, 2.24) is 14.8 Å². The Morgan fingerprint density at radius 3 is 3.00 bits per heavy atom. The highest BCUT2D eigenvalue weighted by Gasteiger charge is 2.21. The maximum absolute atomic E-state index is 5.93. The van der Waals surface area contributed by atoms with Crippen molar-refractivity contribution in [3.8, 4) is 0 Å². The average molecular weight is 284 g/mol. The molecule has 1 aliphatic heterocycles. The Morgan fingerprint density at radius 2 is 2.19 bits per heavy atom. The van der Waals surface area contributed by atoms with Gasteiger partial charge in [-0.25, -0.2) is 0 Å². The van der Waals surface area contributed by atoms with E-state index in [1.807, 2.05) is 37.3 Å². The monoisotopic (exact) mass is 284 g/mol. The van der Waals surface area contributed by atoms with E-state index < -0.39 is 0 Å². The van der Waals surface area contributed by atoms with Crippen LogP contribution in [0.3, 0.4) is 0 Å². The minimum absolute atomic E-state index is 0.465. The van der Waals surface area contributed by atoms with Crippen LogP contribution in [0.15, 0.2) is 35.3 Å². The summed E-state index contributed by atoms with van der Waals surface area (Å²) in [6.07, 6.45) is 2.05. The third-order valence-electron chi connectivity index (χ3n) is 3.80. The topological polar surface area (TPSA) is 81.1 Å². The standard InChI is InChI=1S/C15H20N6/c1-11-19-20-14-8-7-12(10-21(11)14)9-17-15(16)18-13-5-3-2-4-6-13/h2-6,12H,7-10H2,1H3,(H3,16,17,18). The highest BCUT2D eigenvalue weighted by atomic mass is 15.3. The maximum Gasteiger partial charge on any atom is 0.193 e. The number of benzene rings is 1. The maximum atomic E-state index is 5.93. The lowest BCUT2D eigenvalue weighted by molar-refractivity contribution is 0.370. The molecule has 6 nitrogen and oxygen atoms in total. The molecule has 0 aliphatic carbocycles. The Kier molecular flexibility index (Phi) is 3.85. The molecule has 0 bridgehead atoms. The highest BCUT2D eigenvalue weighted by molar-refractivity contribution is 5.92. The fourth-order valence-electron chi connectivity index (χ4n) is 2.62. The zero-order valence-electron chi connectivity index (χ0n) is 12.2. The molecule has 21 heavy (non-hydrogen) atoms. The first-order chi connectivity index (χ1) is 10.2. The molecule has 3 rings (SSSR count). The van der Waals surface area contributed by atoms with Crippen LogP contribution < -0.4 is 11.1 Å². The van der Waals surface area contributed by atoms with Crippen LogP contribution in [-0.2, 0) is 13.0 Å². The number of rotatable bonds is 3. The van der Waals surface area contributed by atoms with Gasteiger partial charge in [0.25, 0.3) is 0 Å². The van der Waals surface area contributed by atoms with Crippen LogP contribution in [0.25, 0.3) is 0 Å². The van der Waals surface area contributed by atoms with Crippen molar-refractivity contribution in [2.75, 3.05) is 11.9 Å². The SMILES string of the molecule is Cc1nnc2n1CC(CN=C(N)Nc1ccccc1)CC2. The first kappa shape index (κ1) is 13.6. The second-order valence-electron chi connectivity index (χ2n) is 5.40. The molecular weight excluding hydrogens is 264 g/mol. The molecule has 3 N–H and O–H groups in total. The Balaban J connectivity index is 1.58. The predicted octanol–water partition coefficient (Wildman–Crippen LogP) is 1.58. The van der Waals surface area contributed by atoms with Gasteiger partial charge >= 0.3 is 0 Å². The van der Waals surface area contributed by atoms with Crippen molar-refractivity contribution in [3.63, 3.8) is 0 Å². The van der Waals surface area contributed by atoms with E-state index in [4.69, 9.17) is 5.73 Å². The molecule has 1 aliphatic rings. The lowest BCUT2D eigenvalue weighted by Crippen LogP contribution is -2.27. The summed E-state index contributed by atoms with van der Waals surface area (Å²) in [6, 6.07) is 9.84. The second-order valence-corrected chi connectivity index (χ2v) is 5.40. The number of nitrogens with one attached hydrogen (secondary N) is 1. The third kappa shape index (κ3) is 3.21. The van der Waals surface area contributed by atoms with Gasteiger partial charge < -0.3 is 15.6 Å². The van der Waals surface area contributed by atoms with Crippen molar-refractivity contribution >= 4 is 11.6 Å². The molecule has 2 aromatic rings. The number of nitrogens with two attached hydrogens (primary N) is 1. The number of fused-ring (bicyclic) bond motifs is 1. The van der Waals surface area contributed by atoms with Gasteiger partial charge in [0.15, 0.2) is 5.96 Å². The number of aryl methyl sites for hydroxylation is 2. The Hall–Kier alpha value is -2.37. The van der Waals surface area contributed by atoms with Crippen LogP contribution in [0.5, 0.6) is 0 Å². The minimum atomic E-state index is 0.465. The molecule has 110 valence electrons. The summed E-state index contributed by atoms with van der Waals surface area (Å²) in [4.78, 5) is 4.46. The molecular formula is C15H20N6. The summed E-state index contributed by atoms with van der Waals surface area (Å²) in [7, 11) is 0. The Labute approximate surface area is 124 Å². The number of hydrogen-bond acceptors (Lipinski definition) is 3. The molecule has 0 fully saturated rings. The fraction of sp³-hybridized carbons (Fsp3) is 0.400. The number of para-hydroxylation sites is 1. The van der Waals surface area contributed by atoms with Gasteiger partial charge in [0.05, 0.1) is 0 Å². The molecule has 2 heterocycles. The molecule has 1 unspecified atom stereocenters. The van der Waals surface area contributed by atoms with E-state index in [-0.39, 0.29) is 0 Å². The van der Waals surface area contributed by atoms with E-state index in [0.29, 0.717) is 11.9 Å². The minimum Gasteiger partial charge on any atom is -0.370 e. The summed E-state index contributed by atoms with van der Waals surface area (Å²) in [6.45, 7) is 3.65. The first-order valence-corrected chi connectivity index (χ1v) is 7.23. The third-order valence-corrected chi connectivity index (χ3v) is 3.80. The number of aliphatic imine (C=N–C) groups is 1. The van der Waals surface area contributed by atoms with Crippen molar-refractivity contribution in [3.05, 3.63) is 42.0 Å². The van der Waals surface area contributed by atoms with Crippen LogP contribution in [0, 0.1) is 12.8 Å². The van der Waals surface area contributed by atoms with Gasteiger partial charge in [0.1, 0.15) is 11.6 Å². The van der Waals surface area contributed by atoms with E-state index in [1.54, 1.807) is 0 Å². The van der Waals surface area contributed by atoms with Crippen molar-refractivity contribution in [2.45, 2.75) is 26.3 Å². The van der Waals surface area contributed by atoms with Gasteiger partial charge in [-0.1, -0.05) is 18.2 Å². The molecule has 6 heteroatoms. The molecule has 0 spiro atoms. The highest BCUT2D eigenvalue weighted by Crippen LogP contribution is 2.20. The van der Waals surface area contributed by atoms with E-state index in [1.165, 1.54) is 0 Å².